The fourth-order valence-electron chi connectivity index (χ4n) is 4.37. The summed E-state index contributed by atoms with van der Waals surface area (Å²) in [5, 5.41) is 6.32. The maximum Gasteiger partial charge on any atom is 0.284 e. The van der Waals surface area contributed by atoms with Crippen LogP contribution in [0, 0.1) is 5.92 Å². The van der Waals surface area contributed by atoms with Gasteiger partial charge >= 0.3 is 0 Å². The van der Waals surface area contributed by atoms with Crippen LogP contribution in [0.3, 0.4) is 0 Å². The molecule has 2 N–H and O–H groups in total. The van der Waals surface area contributed by atoms with Gasteiger partial charge in [0.1, 0.15) is 12.1 Å². The highest BCUT2D eigenvalue weighted by molar-refractivity contribution is 7.89. The third kappa shape index (κ3) is 6.06. The van der Waals surface area contributed by atoms with Crippen LogP contribution in [-0.4, -0.2) is 60.5 Å². The molecule has 0 radical (unpaired) electrons. The van der Waals surface area contributed by atoms with Crippen molar-refractivity contribution in [2.75, 3.05) is 13.1 Å². The molecule has 0 bridgehead atoms. The van der Waals surface area contributed by atoms with Gasteiger partial charge in [0.25, 0.3) is 21.8 Å². The number of nitrogens with zero attached hydrogens (tertiary/aromatic N) is 2. The number of sulfonamides is 1. The van der Waals surface area contributed by atoms with Crippen molar-refractivity contribution in [1.82, 2.24) is 19.9 Å². The molecule has 2 atom stereocenters. The van der Waals surface area contributed by atoms with Crippen LogP contribution in [-0.2, 0) is 19.6 Å². The van der Waals surface area contributed by atoms with E-state index in [4.69, 9.17) is 0 Å². The van der Waals surface area contributed by atoms with Gasteiger partial charge in [0.2, 0.25) is 0 Å². The molecule has 1 saturated heterocycles. The van der Waals surface area contributed by atoms with Crippen LogP contribution in [0.4, 0.5) is 0 Å². The molecule has 1 aliphatic rings. The Morgan fingerprint density at radius 1 is 1.19 bits per heavy atom. The number of carbonyl (C=O) groups is 3. The number of carbonyl (C=O) groups excluding carboxylic acids is 3. The highest BCUT2D eigenvalue weighted by atomic mass is 32.2. The summed E-state index contributed by atoms with van der Waals surface area (Å²) in [5.74, 6) is -1.75. The first-order valence-electron chi connectivity index (χ1n) is 12.2. The number of benzene rings is 1. The van der Waals surface area contributed by atoms with Crippen molar-refractivity contribution in [3.05, 3.63) is 59.6 Å². The van der Waals surface area contributed by atoms with Crippen molar-refractivity contribution in [1.29, 1.82) is 0 Å². The van der Waals surface area contributed by atoms with E-state index >= 15 is 0 Å². The second-order valence-electron chi connectivity index (χ2n) is 9.41. The number of thiophene rings is 1. The predicted octanol–water partition coefficient (Wildman–Crippen LogP) is 2.98. The molecule has 1 fully saturated rings. The van der Waals surface area contributed by atoms with Crippen LogP contribution in [0.15, 0.2) is 59.8 Å². The SMILES string of the molecule is CC(C)CC(NC(=O)c1cc2ccccc2s1)C(=O)N([C@H]1CCCNCC1=O)S(=O)(=O)c1ccccn1. The number of nitrogens with one attached hydrogen (secondary N) is 2. The molecule has 4 rings (SSSR count). The van der Waals surface area contributed by atoms with E-state index in [-0.39, 0.29) is 30.3 Å². The van der Waals surface area contributed by atoms with E-state index in [9.17, 15) is 22.8 Å². The second-order valence-corrected chi connectivity index (χ2v) is 12.3. The molecular formula is C26H30N4O5S2. The smallest absolute Gasteiger partial charge is 0.284 e. The number of amides is 2. The molecule has 0 saturated carbocycles. The topological polar surface area (TPSA) is 126 Å². The molecule has 1 unspecified atom stereocenters. The summed E-state index contributed by atoms with van der Waals surface area (Å²) in [4.78, 5) is 44.6. The van der Waals surface area contributed by atoms with E-state index < -0.39 is 39.7 Å². The molecule has 196 valence electrons. The molecule has 37 heavy (non-hydrogen) atoms. The van der Waals surface area contributed by atoms with E-state index in [0.29, 0.717) is 22.1 Å². The van der Waals surface area contributed by atoms with E-state index in [2.05, 4.69) is 15.6 Å². The summed E-state index contributed by atoms with van der Waals surface area (Å²) in [6.07, 6.45) is 2.22. The molecule has 0 spiro atoms. The lowest BCUT2D eigenvalue weighted by Crippen LogP contribution is -2.56. The number of aromatic nitrogens is 1. The third-order valence-corrected chi connectivity index (χ3v) is 8.96. The first-order valence-corrected chi connectivity index (χ1v) is 14.5. The summed E-state index contributed by atoms with van der Waals surface area (Å²) in [6, 6.07) is 11.3. The molecule has 3 aromatic rings. The summed E-state index contributed by atoms with van der Waals surface area (Å²) >= 11 is 1.29. The van der Waals surface area contributed by atoms with Crippen LogP contribution in [0.2, 0.25) is 0 Å². The van der Waals surface area contributed by atoms with Crippen LogP contribution in [0.1, 0.15) is 42.8 Å². The van der Waals surface area contributed by atoms with E-state index in [1.165, 1.54) is 29.7 Å². The fraction of sp³-hybridized carbons (Fsp3) is 0.385. The number of hydrogen-bond acceptors (Lipinski definition) is 8. The summed E-state index contributed by atoms with van der Waals surface area (Å²) in [6.45, 7) is 4.25. The number of rotatable bonds is 8. The van der Waals surface area contributed by atoms with Crippen LogP contribution < -0.4 is 10.6 Å². The molecule has 11 heteroatoms. The maximum absolute atomic E-state index is 14.0. The Morgan fingerprint density at radius 3 is 2.65 bits per heavy atom. The minimum absolute atomic E-state index is 0.0393. The van der Waals surface area contributed by atoms with E-state index in [0.717, 1.165) is 10.1 Å². The zero-order chi connectivity index (χ0) is 26.6. The number of pyridine rings is 1. The van der Waals surface area contributed by atoms with Crippen molar-refractivity contribution >= 4 is 49.0 Å². The molecular weight excluding hydrogens is 512 g/mol. The van der Waals surface area contributed by atoms with Crippen molar-refractivity contribution in [3.63, 3.8) is 0 Å². The third-order valence-electron chi connectivity index (χ3n) is 6.12. The molecule has 2 aromatic heterocycles. The highest BCUT2D eigenvalue weighted by Gasteiger charge is 2.43. The lowest BCUT2D eigenvalue weighted by atomic mass is 10.0. The van der Waals surface area contributed by atoms with Gasteiger partial charge in [-0.3, -0.25) is 14.4 Å². The highest BCUT2D eigenvalue weighted by Crippen LogP contribution is 2.27. The Morgan fingerprint density at radius 2 is 1.95 bits per heavy atom. The number of fused-ring (bicyclic) bond motifs is 1. The standard InChI is InChI=1S/C26H30N4O5S2/c1-17(2)14-19(29-25(32)23-15-18-8-3-4-10-22(18)36-23)26(33)30(20-9-7-12-27-16-21(20)31)37(34,35)24-11-5-6-13-28-24/h3-6,8,10-11,13,15,17,19-20,27H,7,9,12,14,16H2,1-2H3,(H,29,32)/t19?,20-/m0/s1. The lowest BCUT2D eigenvalue weighted by Gasteiger charge is -2.32. The molecule has 1 aromatic carbocycles. The van der Waals surface area contributed by atoms with Gasteiger partial charge in [0.15, 0.2) is 10.8 Å². The van der Waals surface area contributed by atoms with Gasteiger partial charge < -0.3 is 10.6 Å². The van der Waals surface area contributed by atoms with Gasteiger partial charge in [-0.2, -0.15) is 8.42 Å². The Bertz CT molecular complexity index is 1360. The molecule has 1 aliphatic heterocycles. The predicted molar refractivity (Wildman–Crippen MR) is 142 cm³/mol. The average Bonchev–Trinajstić information content (AvgIpc) is 3.21. The van der Waals surface area contributed by atoms with Crippen molar-refractivity contribution in [3.8, 4) is 0 Å². The van der Waals surface area contributed by atoms with Gasteiger partial charge in [-0.15, -0.1) is 11.3 Å². The normalized spacial score (nSPS) is 17.4. The zero-order valence-corrected chi connectivity index (χ0v) is 22.3. The quantitative estimate of drug-likeness (QED) is 0.448. The molecule has 3 heterocycles. The van der Waals surface area contributed by atoms with E-state index in [1.807, 2.05) is 38.1 Å². The Hall–Kier alpha value is -3.15. The van der Waals surface area contributed by atoms with Crippen molar-refractivity contribution in [2.45, 2.75) is 50.2 Å². The molecule has 9 nitrogen and oxygen atoms in total. The lowest BCUT2D eigenvalue weighted by molar-refractivity contribution is -0.135. The van der Waals surface area contributed by atoms with Crippen LogP contribution in [0.25, 0.3) is 10.1 Å². The van der Waals surface area contributed by atoms with Crippen LogP contribution in [0.5, 0.6) is 0 Å². The fourth-order valence-corrected chi connectivity index (χ4v) is 6.90. The first-order chi connectivity index (χ1) is 17.7. The monoisotopic (exact) mass is 542 g/mol. The zero-order valence-electron chi connectivity index (χ0n) is 20.7. The van der Waals surface area contributed by atoms with Gasteiger partial charge in [0, 0.05) is 10.9 Å². The minimum Gasteiger partial charge on any atom is -0.339 e. The Labute approximate surface area is 220 Å². The summed E-state index contributed by atoms with van der Waals surface area (Å²) < 4.78 is 29.1. The van der Waals surface area contributed by atoms with Crippen molar-refractivity contribution < 1.29 is 22.8 Å². The van der Waals surface area contributed by atoms with Crippen molar-refractivity contribution in [2.24, 2.45) is 5.92 Å². The first kappa shape index (κ1) is 26.9. The largest absolute Gasteiger partial charge is 0.339 e. The Balaban J connectivity index is 1.72. The van der Waals surface area contributed by atoms with Gasteiger partial charge in [-0.05, 0) is 61.4 Å². The summed E-state index contributed by atoms with van der Waals surface area (Å²) in [7, 11) is -4.48. The average molecular weight is 543 g/mol. The summed E-state index contributed by atoms with van der Waals surface area (Å²) in [5.41, 5.74) is 0. The van der Waals surface area contributed by atoms with Gasteiger partial charge in [-0.25, -0.2) is 9.29 Å². The Kier molecular flexibility index (Phi) is 8.35. The number of Topliss-reactive ketones (excluding diaryl/α,β-unsaturated/α-hetero) is 1. The van der Waals surface area contributed by atoms with Crippen LogP contribution >= 0.6 is 11.3 Å². The van der Waals surface area contributed by atoms with Gasteiger partial charge in [0.05, 0.1) is 11.4 Å². The molecule has 0 aliphatic carbocycles. The maximum atomic E-state index is 14.0. The second kappa shape index (κ2) is 11.5. The number of ketones is 1. The van der Waals surface area contributed by atoms with E-state index in [1.54, 1.807) is 12.1 Å². The van der Waals surface area contributed by atoms with Gasteiger partial charge in [-0.1, -0.05) is 38.1 Å². The number of hydrogen-bond donors (Lipinski definition) is 2. The minimum atomic E-state index is -4.48. The molecule has 2 amide bonds.